The summed E-state index contributed by atoms with van der Waals surface area (Å²) < 4.78 is 7.98. The SMILES string of the molecule is O=C(O)N1CCC(Oc2ccc(-n3ccc4cc(C(=O)N5CCC5)ccc43)nc2)CC1. The lowest BCUT2D eigenvalue weighted by molar-refractivity contribution is 0.0651. The van der Waals surface area contributed by atoms with Gasteiger partial charge in [-0.15, -0.1) is 0 Å². The second-order valence-corrected chi connectivity index (χ2v) is 8.04. The van der Waals surface area contributed by atoms with E-state index in [0.29, 0.717) is 31.7 Å². The van der Waals surface area contributed by atoms with Gasteiger partial charge < -0.3 is 24.2 Å². The summed E-state index contributed by atoms with van der Waals surface area (Å²) in [7, 11) is 0. The molecule has 0 unspecified atom stereocenters. The number of carboxylic acid groups (broad SMARTS) is 1. The summed E-state index contributed by atoms with van der Waals surface area (Å²) in [5.74, 6) is 1.54. The van der Waals surface area contributed by atoms with Gasteiger partial charge in [-0.05, 0) is 42.8 Å². The predicted octanol–water partition coefficient (Wildman–Crippen LogP) is 3.39. The van der Waals surface area contributed by atoms with E-state index in [1.54, 1.807) is 6.20 Å². The summed E-state index contributed by atoms with van der Waals surface area (Å²) in [6, 6.07) is 11.6. The molecule has 2 saturated heterocycles. The van der Waals surface area contributed by atoms with E-state index in [-0.39, 0.29) is 12.0 Å². The average Bonchev–Trinajstić information content (AvgIpc) is 3.17. The lowest BCUT2D eigenvalue weighted by atomic mass is 10.1. The minimum absolute atomic E-state index is 0.00183. The molecule has 1 N–H and O–H groups in total. The van der Waals surface area contributed by atoms with Crippen LogP contribution in [0.4, 0.5) is 4.79 Å². The molecule has 160 valence electrons. The number of likely N-dealkylation sites (tertiary alicyclic amines) is 2. The first kappa shape index (κ1) is 19.4. The van der Waals surface area contributed by atoms with E-state index in [1.165, 1.54) is 4.90 Å². The Morgan fingerprint density at radius 1 is 1.00 bits per heavy atom. The van der Waals surface area contributed by atoms with Crippen LogP contribution in [0, 0.1) is 0 Å². The fourth-order valence-electron chi connectivity index (χ4n) is 4.12. The van der Waals surface area contributed by atoms with E-state index >= 15 is 0 Å². The highest BCUT2D eigenvalue weighted by Gasteiger charge is 2.24. The number of piperidine rings is 1. The van der Waals surface area contributed by atoms with Gasteiger partial charge in [0.15, 0.2) is 0 Å². The molecule has 4 heterocycles. The maximum atomic E-state index is 12.5. The third-order valence-corrected chi connectivity index (χ3v) is 6.06. The molecular formula is C23H24N4O4. The van der Waals surface area contributed by atoms with Crippen LogP contribution >= 0.6 is 0 Å². The Labute approximate surface area is 179 Å². The molecule has 0 spiro atoms. The van der Waals surface area contributed by atoms with Crippen LogP contribution in [0.1, 0.15) is 29.6 Å². The molecule has 3 aromatic rings. The van der Waals surface area contributed by atoms with Gasteiger partial charge in [-0.1, -0.05) is 0 Å². The van der Waals surface area contributed by atoms with Gasteiger partial charge in [-0.2, -0.15) is 0 Å². The van der Waals surface area contributed by atoms with Crippen LogP contribution in [-0.2, 0) is 0 Å². The topological polar surface area (TPSA) is 87.9 Å². The molecule has 8 heteroatoms. The van der Waals surface area contributed by atoms with E-state index in [1.807, 2.05) is 52.1 Å². The number of benzene rings is 1. The minimum atomic E-state index is -0.875. The molecule has 2 aliphatic rings. The molecule has 0 bridgehead atoms. The molecule has 0 saturated carbocycles. The molecule has 2 fully saturated rings. The summed E-state index contributed by atoms with van der Waals surface area (Å²) in [4.78, 5) is 31.3. The Morgan fingerprint density at radius 2 is 1.81 bits per heavy atom. The van der Waals surface area contributed by atoms with Crippen LogP contribution in [0.2, 0.25) is 0 Å². The number of carbonyl (C=O) groups is 2. The second kappa shape index (κ2) is 7.94. The first-order chi connectivity index (χ1) is 15.1. The summed E-state index contributed by atoms with van der Waals surface area (Å²) in [5, 5.41) is 10.0. The number of aromatic nitrogens is 2. The third-order valence-electron chi connectivity index (χ3n) is 6.06. The van der Waals surface area contributed by atoms with E-state index in [0.717, 1.165) is 41.8 Å². The van der Waals surface area contributed by atoms with Crippen LogP contribution < -0.4 is 4.74 Å². The van der Waals surface area contributed by atoms with E-state index < -0.39 is 6.09 Å². The van der Waals surface area contributed by atoms with Crippen molar-refractivity contribution in [2.75, 3.05) is 26.2 Å². The zero-order chi connectivity index (χ0) is 21.4. The minimum Gasteiger partial charge on any atom is -0.489 e. The first-order valence-electron chi connectivity index (χ1n) is 10.6. The van der Waals surface area contributed by atoms with Crippen LogP contribution in [0.5, 0.6) is 5.75 Å². The largest absolute Gasteiger partial charge is 0.489 e. The Morgan fingerprint density at radius 3 is 2.45 bits per heavy atom. The second-order valence-electron chi connectivity index (χ2n) is 8.04. The number of hydrogen-bond acceptors (Lipinski definition) is 4. The van der Waals surface area contributed by atoms with Crippen molar-refractivity contribution < 1.29 is 19.4 Å². The number of rotatable bonds is 4. The Bertz CT molecular complexity index is 1110. The first-order valence-corrected chi connectivity index (χ1v) is 10.6. The van der Waals surface area contributed by atoms with Gasteiger partial charge in [-0.25, -0.2) is 9.78 Å². The van der Waals surface area contributed by atoms with Gasteiger partial charge in [0.1, 0.15) is 17.7 Å². The maximum Gasteiger partial charge on any atom is 0.407 e. The van der Waals surface area contributed by atoms with Crippen molar-refractivity contribution in [1.29, 1.82) is 0 Å². The average molecular weight is 420 g/mol. The van der Waals surface area contributed by atoms with Crippen molar-refractivity contribution >= 4 is 22.9 Å². The van der Waals surface area contributed by atoms with Crippen molar-refractivity contribution in [3.63, 3.8) is 0 Å². The van der Waals surface area contributed by atoms with Crippen LogP contribution in [-0.4, -0.2) is 68.7 Å². The Kier molecular flexibility index (Phi) is 4.97. The number of amides is 2. The van der Waals surface area contributed by atoms with Gasteiger partial charge in [-0.3, -0.25) is 4.79 Å². The molecule has 5 rings (SSSR count). The molecule has 0 atom stereocenters. The molecule has 31 heavy (non-hydrogen) atoms. The zero-order valence-corrected chi connectivity index (χ0v) is 17.1. The normalized spacial score (nSPS) is 16.9. The standard InChI is InChI=1S/C23H24N4O4/c28-22(25-9-1-10-25)17-2-4-20-16(14-17)6-13-27(20)21-5-3-19(15-24-21)31-18-7-11-26(12-8-18)23(29)30/h2-6,13-15,18H,1,7-12H2,(H,29,30). The zero-order valence-electron chi connectivity index (χ0n) is 17.1. The van der Waals surface area contributed by atoms with Crippen LogP contribution in [0.25, 0.3) is 16.7 Å². The highest BCUT2D eigenvalue weighted by atomic mass is 16.5. The van der Waals surface area contributed by atoms with E-state index in [2.05, 4.69) is 4.98 Å². The monoisotopic (exact) mass is 420 g/mol. The van der Waals surface area contributed by atoms with Crippen molar-refractivity contribution in [2.24, 2.45) is 0 Å². The highest BCUT2D eigenvalue weighted by molar-refractivity contribution is 5.98. The lowest BCUT2D eigenvalue weighted by Gasteiger charge is -2.30. The summed E-state index contributed by atoms with van der Waals surface area (Å²) in [6.07, 6.45) is 5.21. The molecule has 2 aliphatic heterocycles. The fraction of sp³-hybridized carbons (Fsp3) is 0.348. The summed E-state index contributed by atoms with van der Waals surface area (Å²) in [6.45, 7) is 2.66. The summed E-state index contributed by atoms with van der Waals surface area (Å²) in [5.41, 5.74) is 1.71. The molecule has 1 aromatic carbocycles. The van der Waals surface area contributed by atoms with Gasteiger partial charge in [0.05, 0.1) is 11.7 Å². The molecule has 0 radical (unpaired) electrons. The molecule has 2 aromatic heterocycles. The molecule has 2 amide bonds. The fourth-order valence-corrected chi connectivity index (χ4v) is 4.12. The number of fused-ring (bicyclic) bond motifs is 1. The van der Waals surface area contributed by atoms with Crippen LogP contribution in [0.15, 0.2) is 48.8 Å². The smallest absolute Gasteiger partial charge is 0.407 e. The molecule has 8 nitrogen and oxygen atoms in total. The van der Waals surface area contributed by atoms with Crippen molar-refractivity contribution in [3.05, 3.63) is 54.4 Å². The number of ether oxygens (including phenoxy) is 1. The third kappa shape index (κ3) is 3.81. The molecule has 0 aliphatic carbocycles. The molecular weight excluding hydrogens is 396 g/mol. The van der Waals surface area contributed by atoms with Crippen molar-refractivity contribution in [2.45, 2.75) is 25.4 Å². The lowest BCUT2D eigenvalue weighted by Crippen LogP contribution is -2.41. The van der Waals surface area contributed by atoms with Crippen LogP contribution in [0.3, 0.4) is 0 Å². The maximum absolute atomic E-state index is 12.5. The number of carbonyl (C=O) groups excluding carboxylic acids is 1. The van der Waals surface area contributed by atoms with Crippen molar-refractivity contribution in [1.82, 2.24) is 19.4 Å². The number of hydrogen-bond donors (Lipinski definition) is 1. The quantitative estimate of drug-likeness (QED) is 0.699. The Balaban J connectivity index is 1.28. The number of pyridine rings is 1. The number of nitrogens with zero attached hydrogens (tertiary/aromatic N) is 4. The van der Waals surface area contributed by atoms with Gasteiger partial charge in [0.2, 0.25) is 0 Å². The van der Waals surface area contributed by atoms with Gasteiger partial charge >= 0.3 is 6.09 Å². The highest BCUT2D eigenvalue weighted by Crippen LogP contribution is 2.24. The summed E-state index contributed by atoms with van der Waals surface area (Å²) >= 11 is 0. The van der Waals surface area contributed by atoms with E-state index in [9.17, 15) is 9.59 Å². The van der Waals surface area contributed by atoms with Gasteiger partial charge in [0, 0.05) is 56.2 Å². The van der Waals surface area contributed by atoms with Crippen molar-refractivity contribution in [3.8, 4) is 11.6 Å². The van der Waals surface area contributed by atoms with E-state index in [4.69, 9.17) is 9.84 Å². The van der Waals surface area contributed by atoms with Gasteiger partial charge in [0.25, 0.3) is 5.91 Å². The predicted molar refractivity (Wildman–Crippen MR) is 115 cm³/mol. The Hall–Kier alpha value is -3.55.